The van der Waals surface area contributed by atoms with E-state index in [1.807, 2.05) is 6.92 Å². The van der Waals surface area contributed by atoms with E-state index < -0.39 is 5.97 Å². The molecule has 0 amide bonds. The standard InChI is InChI=1S/C9H15NO3/c1-3-5-7(11)6-8(10)9(12)13-4-2/h6H,3-5,10H2,1-2H3. The zero-order chi connectivity index (χ0) is 10.3. The van der Waals surface area contributed by atoms with Gasteiger partial charge in [-0.15, -0.1) is 0 Å². The van der Waals surface area contributed by atoms with Crippen LogP contribution in [0.25, 0.3) is 0 Å². The number of allylic oxidation sites excluding steroid dienone is 1. The average Bonchev–Trinajstić information content (AvgIpc) is 2.05. The molecule has 0 unspecified atom stereocenters. The van der Waals surface area contributed by atoms with Crippen LogP contribution in [0.5, 0.6) is 0 Å². The minimum Gasteiger partial charge on any atom is -0.461 e. The van der Waals surface area contributed by atoms with Gasteiger partial charge < -0.3 is 10.5 Å². The van der Waals surface area contributed by atoms with E-state index in [4.69, 9.17) is 5.73 Å². The van der Waals surface area contributed by atoms with E-state index in [1.54, 1.807) is 6.92 Å². The van der Waals surface area contributed by atoms with Gasteiger partial charge in [-0.1, -0.05) is 6.92 Å². The number of carbonyl (C=O) groups excluding carboxylic acids is 2. The molecule has 0 radical (unpaired) electrons. The van der Waals surface area contributed by atoms with Gasteiger partial charge in [-0.25, -0.2) is 4.79 Å². The third-order valence-electron chi connectivity index (χ3n) is 1.32. The molecule has 0 aromatic rings. The predicted molar refractivity (Wildman–Crippen MR) is 48.8 cm³/mol. The molecule has 0 aliphatic rings. The molecular formula is C9H15NO3. The molecule has 4 nitrogen and oxygen atoms in total. The maximum Gasteiger partial charge on any atom is 0.354 e. The maximum absolute atomic E-state index is 11.0. The highest BCUT2D eigenvalue weighted by molar-refractivity contribution is 5.98. The van der Waals surface area contributed by atoms with E-state index in [2.05, 4.69) is 4.74 Å². The van der Waals surface area contributed by atoms with Crippen molar-refractivity contribution >= 4 is 11.8 Å². The Hall–Kier alpha value is -1.32. The summed E-state index contributed by atoms with van der Waals surface area (Å²) in [6, 6.07) is 0. The highest BCUT2D eigenvalue weighted by atomic mass is 16.5. The Labute approximate surface area is 77.7 Å². The van der Waals surface area contributed by atoms with Crippen LogP contribution < -0.4 is 5.73 Å². The van der Waals surface area contributed by atoms with Crippen molar-refractivity contribution < 1.29 is 14.3 Å². The predicted octanol–water partition coefficient (Wildman–Crippen LogP) is 0.761. The van der Waals surface area contributed by atoms with Gasteiger partial charge in [0.05, 0.1) is 6.61 Å². The number of ketones is 1. The van der Waals surface area contributed by atoms with Gasteiger partial charge in [-0.3, -0.25) is 4.79 Å². The van der Waals surface area contributed by atoms with Gasteiger partial charge in [-0.05, 0) is 13.3 Å². The Morgan fingerprint density at radius 1 is 1.38 bits per heavy atom. The summed E-state index contributed by atoms with van der Waals surface area (Å²) in [5.41, 5.74) is 5.18. The second-order valence-electron chi connectivity index (χ2n) is 2.54. The van der Waals surface area contributed by atoms with Crippen molar-refractivity contribution in [2.45, 2.75) is 26.7 Å². The molecule has 13 heavy (non-hydrogen) atoms. The lowest BCUT2D eigenvalue weighted by molar-refractivity contribution is -0.138. The minimum atomic E-state index is -0.632. The molecular weight excluding hydrogens is 170 g/mol. The molecule has 0 rings (SSSR count). The lowest BCUT2D eigenvalue weighted by Crippen LogP contribution is -2.16. The topological polar surface area (TPSA) is 69.4 Å². The summed E-state index contributed by atoms with van der Waals surface area (Å²) in [5.74, 6) is -0.778. The number of carbonyl (C=O) groups is 2. The molecule has 0 heterocycles. The van der Waals surface area contributed by atoms with E-state index in [-0.39, 0.29) is 18.1 Å². The fraction of sp³-hybridized carbons (Fsp3) is 0.556. The Morgan fingerprint density at radius 2 is 2.00 bits per heavy atom. The first-order valence-corrected chi connectivity index (χ1v) is 4.28. The average molecular weight is 185 g/mol. The van der Waals surface area contributed by atoms with Gasteiger partial charge in [0.25, 0.3) is 0 Å². The molecule has 0 saturated carbocycles. The van der Waals surface area contributed by atoms with E-state index in [1.165, 1.54) is 0 Å². The van der Waals surface area contributed by atoms with Gasteiger partial charge in [-0.2, -0.15) is 0 Å². The largest absolute Gasteiger partial charge is 0.461 e. The third-order valence-corrected chi connectivity index (χ3v) is 1.32. The fourth-order valence-electron chi connectivity index (χ4n) is 0.765. The van der Waals surface area contributed by atoms with E-state index in [0.29, 0.717) is 6.42 Å². The molecule has 0 aliphatic carbocycles. The Bertz CT molecular complexity index is 221. The van der Waals surface area contributed by atoms with Gasteiger partial charge in [0.1, 0.15) is 5.70 Å². The molecule has 2 N–H and O–H groups in total. The van der Waals surface area contributed by atoms with Crippen molar-refractivity contribution in [3.8, 4) is 0 Å². The van der Waals surface area contributed by atoms with Crippen molar-refractivity contribution in [1.82, 2.24) is 0 Å². The molecule has 4 heteroatoms. The highest BCUT2D eigenvalue weighted by Crippen LogP contribution is 1.95. The molecule has 74 valence electrons. The number of rotatable bonds is 5. The van der Waals surface area contributed by atoms with Crippen LogP contribution in [0.2, 0.25) is 0 Å². The summed E-state index contributed by atoms with van der Waals surface area (Å²) in [5, 5.41) is 0. The number of hydrogen-bond donors (Lipinski definition) is 1. The zero-order valence-corrected chi connectivity index (χ0v) is 8.00. The fourth-order valence-corrected chi connectivity index (χ4v) is 0.765. The first kappa shape index (κ1) is 11.7. The van der Waals surface area contributed by atoms with Crippen LogP contribution in [0.4, 0.5) is 0 Å². The summed E-state index contributed by atoms with van der Waals surface area (Å²) >= 11 is 0. The van der Waals surface area contributed by atoms with Crippen LogP contribution in [0.15, 0.2) is 11.8 Å². The number of esters is 1. The van der Waals surface area contributed by atoms with Gasteiger partial charge in [0, 0.05) is 12.5 Å². The summed E-state index contributed by atoms with van der Waals surface area (Å²) < 4.78 is 4.60. The molecule has 0 atom stereocenters. The van der Waals surface area contributed by atoms with Gasteiger partial charge in [0.2, 0.25) is 0 Å². The van der Waals surface area contributed by atoms with E-state index >= 15 is 0 Å². The highest BCUT2D eigenvalue weighted by Gasteiger charge is 2.07. The van der Waals surface area contributed by atoms with Crippen LogP contribution in [0, 0.1) is 0 Å². The molecule has 0 bridgehead atoms. The Morgan fingerprint density at radius 3 is 2.46 bits per heavy atom. The minimum absolute atomic E-state index is 0.125. The number of nitrogens with two attached hydrogens (primary N) is 1. The van der Waals surface area contributed by atoms with Crippen molar-refractivity contribution in [3.63, 3.8) is 0 Å². The second-order valence-corrected chi connectivity index (χ2v) is 2.54. The van der Waals surface area contributed by atoms with Crippen LogP contribution >= 0.6 is 0 Å². The maximum atomic E-state index is 11.0. The first-order valence-electron chi connectivity index (χ1n) is 4.28. The van der Waals surface area contributed by atoms with Crippen LogP contribution in [0.3, 0.4) is 0 Å². The molecule has 0 spiro atoms. The lowest BCUT2D eigenvalue weighted by Gasteiger charge is -2.00. The monoisotopic (exact) mass is 185 g/mol. The van der Waals surface area contributed by atoms with Gasteiger partial charge in [0.15, 0.2) is 5.78 Å². The summed E-state index contributed by atoms with van der Waals surface area (Å²) in [6.07, 6.45) is 2.27. The lowest BCUT2D eigenvalue weighted by atomic mass is 10.2. The Kier molecular flexibility index (Phi) is 5.59. The van der Waals surface area contributed by atoms with Crippen molar-refractivity contribution in [1.29, 1.82) is 0 Å². The van der Waals surface area contributed by atoms with Crippen LogP contribution in [-0.2, 0) is 14.3 Å². The van der Waals surface area contributed by atoms with Gasteiger partial charge >= 0.3 is 5.97 Å². The summed E-state index contributed by atoms with van der Waals surface area (Å²) in [6.45, 7) is 3.82. The second kappa shape index (κ2) is 6.22. The quantitative estimate of drug-likeness (QED) is 0.507. The zero-order valence-electron chi connectivity index (χ0n) is 8.00. The summed E-state index contributed by atoms with van der Waals surface area (Å²) in [4.78, 5) is 21.9. The number of hydrogen-bond acceptors (Lipinski definition) is 4. The smallest absolute Gasteiger partial charge is 0.354 e. The Balaban J connectivity index is 4.14. The molecule has 0 fully saturated rings. The normalized spacial score (nSPS) is 11.1. The molecule has 0 aliphatic heterocycles. The van der Waals surface area contributed by atoms with E-state index in [9.17, 15) is 9.59 Å². The van der Waals surface area contributed by atoms with Crippen molar-refractivity contribution in [2.24, 2.45) is 5.73 Å². The van der Waals surface area contributed by atoms with Crippen molar-refractivity contribution in [3.05, 3.63) is 11.8 Å². The first-order chi connectivity index (χ1) is 6.11. The molecule has 0 aromatic carbocycles. The van der Waals surface area contributed by atoms with Crippen molar-refractivity contribution in [2.75, 3.05) is 6.61 Å². The number of ether oxygens (including phenoxy) is 1. The third kappa shape index (κ3) is 5.00. The summed E-state index contributed by atoms with van der Waals surface area (Å²) in [7, 11) is 0. The molecule has 0 saturated heterocycles. The van der Waals surface area contributed by atoms with E-state index in [0.717, 1.165) is 12.5 Å². The SMILES string of the molecule is CCCC(=O)C=C(N)C(=O)OCC. The van der Waals surface area contributed by atoms with Crippen LogP contribution in [-0.4, -0.2) is 18.4 Å². The molecule has 0 aromatic heterocycles. The van der Waals surface area contributed by atoms with Crippen LogP contribution in [0.1, 0.15) is 26.7 Å².